The predicted molar refractivity (Wildman–Crippen MR) is 86.6 cm³/mol. The Morgan fingerprint density at radius 2 is 1.86 bits per heavy atom. The van der Waals surface area contributed by atoms with Crippen LogP contribution in [0.2, 0.25) is 0 Å². The van der Waals surface area contributed by atoms with Crippen molar-refractivity contribution in [3.63, 3.8) is 0 Å². The first kappa shape index (κ1) is 17.7. The molecule has 0 aliphatic rings. The highest BCUT2D eigenvalue weighted by Crippen LogP contribution is 2.34. The topological polar surface area (TPSA) is 61.5 Å². The van der Waals surface area contributed by atoms with Crippen LogP contribution in [0.25, 0.3) is 0 Å². The number of carbonyl (C=O) groups excluding carboxylic acids is 1. The Balaban J connectivity index is 2.72. The quantitative estimate of drug-likeness (QED) is 0.499. The van der Waals surface area contributed by atoms with Gasteiger partial charge in [-0.2, -0.15) is 0 Å². The Morgan fingerprint density at radius 1 is 1.19 bits per heavy atom. The van der Waals surface area contributed by atoms with Gasteiger partial charge in [-0.3, -0.25) is 4.79 Å². The average Bonchev–Trinajstić information content (AvgIpc) is 2.47. The molecule has 1 rings (SSSR count). The maximum atomic E-state index is 10.9. The molecule has 0 aromatic heterocycles. The van der Waals surface area contributed by atoms with E-state index in [4.69, 9.17) is 15.2 Å². The van der Waals surface area contributed by atoms with E-state index in [0.717, 1.165) is 42.1 Å². The maximum absolute atomic E-state index is 10.9. The highest BCUT2D eigenvalue weighted by molar-refractivity contribution is 8.02. The van der Waals surface area contributed by atoms with Crippen LogP contribution in [0.1, 0.15) is 39.5 Å². The van der Waals surface area contributed by atoms with Crippen LogP contribution in [-0.4, -0.2) is 19.1 Å². The van der Waals surface area contributed by atoms with Crippen LogP contribution < -0.4 is 15.2 Å². The number of carbonyl (C=O) groups is 1. The summed E-state index contributed by atoms with van der Waals surface area (Å²) in [7, 11) is 0. The number of hydrogen-bond donors (Lipinski definition) is 1. The molecule has 1 aromatic carbocycles. The first-order chi connectivity index (χ1) is 10.2. The SMILES string of the molecule is CCCCOc1ccc(S[CH]C(N)=O)c(OCCCC)c1. The van der Waals surface area contributed by atoms with E-state index in [9.17, 15) is 4.79 Å². The summed E-state index contributed by atoms with van der Waals surface area (Å²) in [5.41, 5.74) is 5.14. The van der Waals surface area contributed by atoms with Crippen molar-refractivity contribution in [2.24, 2.45) is 5.73 Å². The number of primary amides is 1. The minimum atomic E-state index is -0.456. The van der Waals surface area contributed by atoms with Gasteiger partial charge in [0, 0.05) is 6.07 Å². The number of amides is 1. The molecule has 1 amide bonds. The molecule has 5 heteroatoms. The summed E-state index contributed by atoms with van der Waals surface area (Å²) in [6.45, 7) is 5.59. The molecule has 4 nitrogen and oxygen atoms in total. The normalized spacial score (nSPS) is 10.4. The van der Waals surface area contributed by atoms with Gasteiger partial charge < -0.3 is 15.2 Å². The second-order valence-corrected chi connectivity index (χ2v) is 5.56. The first-order valence-electron chi connectivity index (χ1n) is 7.36. The molecule has 2 N–H and O–H groups in total. The third-order valence-corrected chi connectivity index (χ3v) is 3.68. The molecule has 117 valence electrons. The van der Waals surface area contributed by atoms with Crippen molar-refractivity contribution >= 4 is 17.7 Å². The van der Waals surface area contributed by atoms with Gasteiger partial charge in [-0.25, -0.2) is 0 Å². The zero-order valence-corrected chi connectivity index (χ0v) is 13.6. The average molecular weight is 310 g/mol. The number of ether oxygens (including phenoxy) is 2. The number of nitrogens with two attached hydrogens (primary N) is 1. The van der Waals surface area contributed by atoms with Crippen LogP contribution in [-0.2, 0) is 4.79 Å². The molecule has 0 spiro atoms. The van der Waals surface area contributed by atoms with E-state index in [1.165, 1.54) is 17.5 Å². The van der Waals surface area contributed by atoms with Gasteiger partial charge >= 0.3 is 0 Å². The minimum absolute atomic E-state index is 0.456. The second kappa shape index (κ2) is 10.4. The summed E-state index contributed by atoms with van der Waals surface area (Å²) in [5, 5.41) is 0. The van der Waals surface area contributed by atoms with Crippen molar-refractivity contribution in [1.29, 1.82) is 0 Å². The molecule has 0 aliphatic heterocycles. The molecule has 0 unspecified atom stereocenters. The van der Waals surface area contributed by atoms with Gasteiger partial charge in [-0.05, 0) is 25.0 Å². The zero-order valence-electron chi connectivity index (χ0n) is 12.8. The summed E-state index contributed by atoms with van der Waals surface area (Å²) < 4.78 is 11.5. The van der Waals surface area contributed by atoms with Gasteiger partial charge in [0.15, 0.2) is 0 Å². The van der Waals surface area contributed by atoms with Crippen molar-refractivity contribution < 1.29 is 14.3 Å². The smallest absolute Gasteiger partial charge is 0.232 e. The number of unbranched alkanes of at least 4 members (excludes halogenated alkanes) is 2. The maximum Gasteiger partial charge on any atom is 0.232 e. The lowest BCUT2D eigenvalue weighted by Crippen LogP contribution is -2.08. The summed E-state index contributed by atoms with van der Waals surface area (Å²) in [5.74, 6) is 2.45. The van der Waals surface area contributed by atoms with Gasteiger partial charge in [0.25, 0.3) is 0 Å². The predicted octanol–water partition coefficient (Wildman–Crippen LogP) is 3.78. The summed E-state index contributed by atoms with van der Waals surface area (Å²) >= 11 is 1.27. The number of benzene rings is 1. The highest BCUT2D eigenvalue weighted by atomic mass is 32.2. The Kier molecular flexibility index (Phi) is 8.74. The van der Waals surface area contributed by atoms with E-state index in [-0.39, 0.29) is 0 Å². The van der Waals surface area contributed by atoms with Crippen molar-refractivity contribution in [3.8, 4) is 11.5 Å². The van der Waals surface area contributed by atoms with E-state index < -0.39 is 5.91 Å². The highest BCUT2D eigenvalue weighted by Gasteiger charge is 2.09. The number of rotatable bonds is 11. The number of hydrogen-bond acceptors (Lipinski definition) is 4. The third kappa shape index (κ3) is 7.27. The van der Waals surface area contributed by atoms with Gasteiger partial charge in [-0.1, -0.05) is 26.7 Å². The third-order valence-electron chi connectivity index (χ3n) is 2.74. The molecule has 0 saturated carbocycles. The second-order valence-electron chi connectivity index (χ2n) is 4.65. The summed E-state index contributed by atoms with van der Waals surface area (Å²) in [6.07, 6.45) is 4.19. The molecule has 0 heterocycles. The lowest BCUT2D eigenvalue weighted by atomic mass is 10.3. The summed E-state index contributed by atoms with van der Waals surface area (Å²) in [6, 6.07) is 5.66. The van der Waals surface area contributed by atoms with E-state index in [2.05, 4.69) is 13.8 Å². The minimum Gasteiger partial charge on any atom is -0.493 e. The van der Waals surface area contributed by atoms with Gasteiger partial charge in [0.05, 0.1) is 18.1 Å². The molecule has 1 radical (unpaired) electrons. The van der Waals surface area contributed by atoms with Gasteiger partial charge in [-0.15, -0.1) is 11.8 Å². The van der Waals surface area contributed by atoms with Crippen molar-refractivity contribution in [1.82, 2.24) is 0 Å². The molecule has 0 bridgehead atoms. The van der Waals surface area contributed by atoms with Crippen molar-refractivity contribution in [2.45, 2.75) is 44.4 Å². The Labute approximate surface area is 131 Å². The van der Waals surface area contributed by atoms with Crippen LogP contribution in [0.3, 0.4) is 0 Å². The largest absolute Gasteiger partial charge is 0.493 e. The molecular formula is C16H24NO3S. The lowest BCUT2D eigenvalue weighted by Gasteiger charge is -2.13. The fraction of sp³-hybridized carbons (Fsp3) is 0.500. The van der Waals surface area contributed by atoms with Crippen LogP contribution in [0, 0.1) is 5.75 Å². The molecule has 1 aromatic rings. The Hall–Kier alpha value is -1.36. The van der Waals surface area contributed by atoms with E-state index >= 15 is 0 Å². The monoisotopic (exact) mass is 310 g/mol. The number of thioether (sulfide) groups is 1. The standard InChI is InChI=1S/C16H24NO3S/c1-3-5-9-19-13-7-8-15(21-12-16(17)18)14(11-13)20-10-6-4-2/h7-8,11-12H,3-6,9-10H2,1-2H3,(H2,17,18). The van der Waals surface area contributed by atoms with E-state index in [0.29, 0.717) is 13.2 Å². The van der Waals surface area contributed by atoms with Crippen LogP contribution in [0.4, 0.5) is 0 Å². The fourth-order valence-electron chi connectivity index (χ4n) is 1.57. The lowest BCUT2D eigenvalue weighted by molar-refractivity contribution is -0.114. The Morgan fingerprint density at radius 3 is 2.48 bits per heavy atom. The molecule has 0 atom stereocenters. The van der Waals surface area contributed by atoms with Crippen LogP contribution in [0.5, 0.6) is 11.5 Å². The van der Waals surface area contributed by atoms with Gasteiger partial charge in [0.1, 0.15) is 17.3 Å². The molecule has 0 saturated heterocycles. The molecule has 0 aliphatic carbocycles. The molecule has 21 heavy (non-hydrogen) atoms. The molecular weight excluding hydrogens is 286 g/mol. The molecule has 0 fully saturated rings. The van der Waals surface area contributed by atoms with Crippen molar-refractivity contribution in [3.05, 3.63) is 24.0 Å². The van der Waals surface area contributed by atoms with E-state index in [1.807, 2.05) is 18.2 Å². The van der Waals surface area contributed by atoms with Gasteiger partial charge in [0.2, 0.25) is 5.91 Å². The first-order valence-corrected chi connectivity index (χ1v) is 8.24. The van der Waals surface area contributed by atoms with Crippen LogP contribution in [0.15, 0.2) is 23.1 Å². The summed E-state index contributed by atoms with van der Waals surface area (Å²) in [4.78, 5) is 11.7. The van der Waals surface area contributed by atoms with E-state index in [1.54, 1.807) is 0 Å². The fourth-order valence-corrected chi connectivity index (χ4v) is 2.19. The van der Waals surface area contributed by atoms with Crippen molar-refractivity contribution in [2.75, 3.05) is 13.2 Å². The zero-order chi connectivity index (χ0) is 15.5. The van der Waals surface area contributed by atoms with Crippen LogP contribution >= 0.6 is 11.8 Å². The Bertz CT molecular complexity index is 438.